The van der Waals surface area contributed by atoms with Crippen molar-refractivity contribution in [3.05, 3.63) is 95.0 Å². The first kappa shape index (κ1) is 22.6. The van der Waals surface area contributed by atoms with E-state index in [2.05, 4.69) is 21.6 Å². The second kappa shape index (κ2) is 10.3. The minimum atomic E-state index is -0.450. The summed E-state index contributed by atoms with van der Waals surface area (Å²) < 4.78 is 1.97. The maximum Gasteiger partial charge on any atom is 0.237 e. The van der Waals surface area contributed by atoms with E-state index in [-0.39, 0.29) is 5.91 Å². The largest absolute Gasteiger partial charge is 0.325 e. The molecule has 0 bridgehead atoms. The third kappa shape index (κ3) is 5.43. The molecule has 0 spiro atoms. The number of halogens is 1. The molecular formula is C25H20ClN5OS. The average molecular weight is 474 g/mol. The number of hydrogen-bond acceptors (Lipinski definition) is 5. The molecule has 0 fully saturated rings. The van der Waals surface area contributed by atoms with Gasteiger partial charge in [0.1, 0.15) is 0 Å². The lowest BCUT2D eigenvalue weighted by Gasteiger charge is -2.14. The number of thioether (sulfide) groups is 1. The molecule has 164 valence electrons. The van der Waals surface area contributed by atoms with E-state index in [1.807, 2.05) is 66.1 Å². The molecule has 1 N–H and O–H groups in total. The zero-order valence-electron chi connectivity index (χ0n) is 17.8. The SMILES string of the molecule is C[C@H](Sc1nnc(-c2ccccc2Cl)n1Cc1ccccc1)C(=O)Nc1cccc(C#N)c1. The number of nitriles is 1. The summed E-state index contributed by atoms with van der Waals surface area (Å²) in [5.74, 6) is 0.449. The van der Waals surface area contributed by atoms with Crippen molar-refractivity contribution in [3.63, 3.8) is 0 Å². The van der Waals surface area contributed by atoms with E-state index in [0.29, 0.717) is 33.8 Å². The van der Waals surface area contributed by atoms with E-state index < -0.39 is 5.25 Å². The molecule has 1 amide bonds. The number of benzene rings is 3. The van der Waals surface area contributed by atoms with Crippen molar-refractivity contribution >= 4 is 35.0 Å². The van der Waals surface area contributed by atoms with Crippen LogP contribution in [0.25, 0.3) is 11.4 Å². The zero-order chi connectivity index (χ0) is 23.2. The Balaban J connectivity index is 1.60. The number of hydrogen-bond donors (Lipinski definition) is 1. The number of nitrogens with one attached hydrogen (secondary N) is 1. The molecule has 1 heterocycles. The fourth-order valence-electron chi connectivity index (χ4n) is 3.25. The van der Waals surface area contributed by atoms with Crippen molar-refractivity contribution < 1.29 is 4.79 Å². The quantitative estimate of drug-likeness (QED) is 0.351. The van der Waals surface area contributed by atoms with Gasteiger partial charge in [-0.3, -0.25) is 9.36 Å². The number of aromatic nitrogens is 3. The molecule has 0 unspecified atom stereocenters. The van der Waals surface area contributed by atoms with E-state index in [1.165, 1.54) is 11.8 Å². The van der Waals surface area contributed by atoms with Crippen LogP contribution in [0.15, 0.2) is 84.0 Å². The van der Waals surface area contributed by atoms with Gasteiger partial charge in [-0.05, 0) is 42.8 Å². The molecule has 1 aromatic heterocycles. The average Bonchev–Trinajstić information content (AvgIpc) is 3.21. The van der Waals surface area contributed by atoms with Crippen LogP contribution in [0.4, 0.5) is 5.69 Å². The summed E-state index contributed by atoms with van der Waals surface area (Å²) in [6.45, 7) is 2.35. The second-order valence-corrected chi connectivity index (χ2v) is 9.01. The summed E-state index contributed by atoms with van der Waals surface area (Å²) in [6.07, 6.45) is 0. The van der Waals surface area contributed by atoms with Crippen LogP contribution < -0.4 is 5.32 Å². The molecule has 0 aliphatic heterocycles. The Labute approximate surface area is 201 Å². The van der Waals surface area contributed by atoms with Crippen molar-refractivity contribution in [1.82, 2.24) is 14.8 Å². The van der Waals surface area contributed by atoms with Gasteiger partial charge in [-0.2, -0.15) is 5.26 Å². The third-order valence-electron chi connectivity index (χ3n) is 4.93. The van der Waals surface area contributed by atoms with E-state index in [0.717, 1.165) is 11.1 Å². The van der Waals surface area contributed by atoms with Crippen LogP contribution >= 0.6 is 23.4 Å². The predicted octanol–water partition coefficient (Wildman–Crippen LogP) is 5.64. The van der Waals surface area contributed by atoms with Crippen LogP contribution in [-0.4, -0.2) is 25.9 Å². The molecule has 0 saturated heterocycles. The maximum absolute atomic E-state index is 12.8. The molecule has 1 atom stereocenters. The van der Waals surface area contributed by atoms with Gasteiger partial charge in [0.05, 0.1) is 28.5 Å². The highest BCUT2D eigenvalue weighted by atomic mass is 35.5. The Morgan fingerprint density at radius 3 is 2.61 bits per heavy atom. The highest BCUT2D eigenvalue weighted by Crippen LogP contribution is 2.31. The number of anilines is 1. The lowest BCUT2D eigenvalue weighted by Crippen LogP contribution is -2.23. The van der Waals surface area contributed by atoms with Gasteiger partial charge in [0.2, 0.25) is 5.91 Å². The molecule has 8 heteroatoms. The molecule has 33 heavy (non-hydrogen) atoms. The van der Waals surface area contributed by atoms with Gasteiger partial charge in [0.15, 0.2) is 11.0 Å². The molecule has 4 aromatic rings. The first-order valence-corrected chi connectivity index (χ1v) is 11.5. The van der Waals surface area contributed by atoms with Crippen molar-refractivity contribution in [3.8, 4) is 17.5 Å². The van der Waals surface area contributed by atoms with Gasteiger partial charge < -0.3 is 5.32 Å². The molecule has 0 aliphatic carbocycles. The number of carbonyl (C=O) groups excluding carboxylic acids is 1. The standard InChI is InChI=1S/C25H20ClN5OS/c1-17(24(32)28-20-11-7-10-19(14-20)15-27)33-25-30-29-23(21-12-5-6-13-22(21)26)31(25)16-18-8-3-2-4-9-18/h2-14,17H,16H2,1H3,(H,28,32)/t17-/m0/s1. The molecule has 3 aromatic carbocycles. The molecule has 0 aliphatic rings. The smallest absolute Gasteiger partial charge is 0.237 e. The summed E-state index contributed by atoms with van der Waals surface area (Å²) in [6, 6.07) is 26.4. The number of amides is 1. The Kier molecular flexibility index (Phi) is 7.08. The Hall–Kier alpha value is -3.60. The van der Waals surface area contributed by atoms with Crippen LogP contribution in [0.3, 0.4) is 0 Å². The van der Waals surface area contributed by atoms with E-state index in [4.69, 9.17) is 16.9 Å². The van der Waals surface area contributed by atoms with Crippen LogP contribution in [0.2, 0.25) is 5.02 Å². The molecule has 4 rings (SSSR count). The predicted molar refractivity (Wildman–Crippen MR) is 131 cm³/mol. The molecule has 6 nitrogen and oxygen atoms in total. The van der Waals surface area contributed by atoms with Crippen molar-refractivity contribution in [2.24, 2.45) is 0 Å². The number of carbonyl (C=O) groups is 1. The fourth-order valence-corrected chi connectivity index (χ4v) is 4.32. The molecular weight excluding hydrogens is 454 g/mol. The van der Waals surface area contributed by atoms with E-state index >= 15 is 0 Å². The zero-order valence-corrected chi connectivity index (χ0v) is 19.3. The molecule has 0 saturated carbocycles. The van der Waals surface area contributed by atoms with Gasteiger partial charge in [-0.25, -0.2) is 0 Å². The minimum Gasteiger partial charge on any atom is -0.325 e. The topological polar surface area (TPSA) is 83.6 Å². The first-order chi connectivity index (χ1) is 16.0. The van der Waals surface area contributed by atoms with Gasteiger partial charge in [-0.1, -0.05) is 71.9 Å². The van der Waals surface area contributed by atoms with Gasteiger partial charge in [-0.15, -0.1) is 10.2 Å². The molecule has 0 radical (unpaired) electrons. The van der Waals surface area contributed by atoms with E-state index in [9.17, 15) is 4.79 Å². The first-order valence-electron chi connectivity index (χ1n) is 10.2. The fraction of sp³-hybridized carbons (Fsp3) is 0.120. The summed E-state index contributed by atoms with van der Waals surface area (Å²) in [5, 5.41) is 21.5. The minimum absolute atomic E-state index is 0.191. The summed E-state index contributed by atoms with van der Waals surface area (Å²) in [4.78, 5) is 12.8. The Bertz CT molecular complexity index is 1320. The van der Waals surface area contributed by atoms with Crippen LogP contribution in [0.1, 0.15) is 18.1 Å². The highest BCUT2D eigenvalue weighted by Gasteiger charge is 2.22. The normalized spacial score (nSPS) is 11.5. The van der Waals surface area contributed by atoms with Crippen molar-refractivity contribution in [1.29, 1.82) is 5.26 Å². The monoisotopic (exact) mass is 473 g/mol. The van der Waals surface area contributed by atoms with Crippen LogP contribution in [-0.2, 0) is 11.3 Å². The lowest BCUT2D eigenvalue weighted by molar-refractivity contribution is -0.115. The number of nitrogens with zero attached hydrogens (tertiary/aromatic N) is 4. The van der Waals surface area contributed by atoms with Crippen molar-refractivity contribution in [2.75, 3.05) is 5.32 Å². The summed E-state index contributed by atoms with van der Waals surface area (Å²) in [5.41, 5.74) is 2.92. The second-order valence-electron chi connectivity index (χ2n) is 7.30. The van der Waals surface area contributed by atoms with Crippen LogP contribution in [0, 0.1) is 11.3 Å². The summed E-state index contributed by atoms with van der Waals surface area (Å²) >= 11 is 7.76. The van der Waals surface area contributed by atoms with E-state index in [1.54, 1.807) is 24.3 Å². The third-order valence-corrected chi connectivity index (χ3v) is 6.34. The highest BCUT2D eigenvalue weighted by molar-refractivity contribution is 8.00. The van der Waals surface area contributed by atoms with Gasteiger partial charge >= 0.3 is 0 Å². The Morgan fingerprint density at radius 2 is 1.85 bits per heavy atom. The lowest BCUT2D eigenvalue weighted by atomic mass is 10.2. The maximum atomic E-state index is 12.8. The van der Waals surface area contributed by atoms with Crippen molar-refractivity contribution in [2.45, 2.75) is 23.9 Å². The summed E-state index contributed by atoms with van der Waals surface area (Å²) in [7, 11) is 0. The van der Waals surface area contributed by atoms with Crippen LogP contribution in [0.5, 0.6) is 0 Å². The Morgan fingerprint density at radius 1 is 1.09 bits per heavy atom. The number of rotatable bonds is 7. The van der Waals surface area contributed by atoms with Gasteiger partial charge in [0, 0.05) is 11.3 Å². The van der Waals surface area contributed by atoms with Gasteiger partial charge in [0.25, 0.3) is 0 Å².